The van der Waals surface area contributed by atoms with Crippen molar-refractivity contribution in [2.24, 2.45) is 11.8 Å². The normalized spacial score (nSPS) is 19.0. The molecule has 0 aromatic heterocycles. The number of likely N-dealkylation sites (tertiary alicyclic amines) is 1. The predicted octanol–water partition coefficient (Wildman–Crippen LogP) is 2.94. The Hall–Kier alpha value is -2.21. The number of hydrogen-bond donors (Lipinski definition) is 1. The molecule has 1 aromatic carbocycles. The van der Waals surface area contributed by atoms with E-state index in [0.29, 0.717) is 17.7 Å². The van der Waals surface area contributed by atoms with Crippen LogP contribution in [0, 0.1) is 11.8 Å². The van der Waals surface area contributed by atoms with E-state index in [1.807, 2.05) is 13.8 Å². The molecule has 0 saturated carbocycles. The Morgan fingerprint density at radius 2 is 1.66 bits per heavy atom. The number of hydrogen-bond acceptors (Lipinski definition) is 4. The number of piperidine rings is 1. The van der Waals surface area contributed by atoms with Gasteiger partial charge in [-0.3, -0.25) is 19.3 Å². The summed E-state index contributed by atoms with van der Waals surface area (Å²) < 4.78 is 0. The maximum absolute atomic E-state index is 12.8. The number of fused-ring (bicyclic) bond motifs is 1. The number of nitrogens with one attached hydrogen (secondary N) is 1. The van der Waals surface area contributed by atoms with E-state index in [9.17, 15) is 14.4 Å². The van der Waals surface area contributed by atoms with E-state index in [1.165, 1.54) is 25.9 Å². The first-order valence-electron chi connectivity index (χ1n) is 10.9. The lowest BCUT2D eigenvalue weighted by atomic mass is 9.99. The number of carbonyl (C=O) groups is 3. The fraction of sp³-hybridized carbons (Fsp3) is 0.609. The van der Waals surface area contributed by atoms with E-state index < -0.39 is 6.04 Å². The molecule has 0 spiro atoms. The van der Waals surface area contributed by atoms with Crippen LogP contribution in [0.25, 0.3) is 0 Å². The molecule has 2 heterocycles. The van der Waals surface area contributed by atoms with Gasteiger partial charge in [-0.15, -0.1) is 0 Å². The van der Waals surface area contributed by atoms with Crippen molar-refractivity contribution in [3.63, 3.8) is 0 Å². The molecule has 1 unspecified atom stereocenters. The first kappa shape index (κ1) is 21.5. The highest BCUT2D eigenvalue weighted by atomic mass is 16.2. The molecule has 1 aromatic rings. The Morgan fingerprint density at radius 3 is 2.21 bits per heavy atom. The van der Waals surface area contributed by atoms with Gasteiger partial charge in [0, 0.05) is 6.54 Å². The van der Waals surface area contributed by atoms with Gasteiger partial charge >= 0.3 is 0 Å². The Morgan fingerprint density at radius 1 is 1.07 bits per heavy atom. The van der Waals surface area contributed by atoms with Crippen LogP contribution >= 0.6 is 0 Å². The van der Waals surface area contributed by atoms with E-state index in [0.717, 1.165) is 30.2 Å². The first-order chi connectivity index (χ1) is 13.9. The van der Waals surface area contributed by atoms with Crippen molar-refractivity contribution >= 4 is 17.7 Å². The van der Waals surface area contributed by atoms with Crippen molar-refractivity contribution in [3.8, 4) is 0 Å². The number of rotatable bonds is 8. The summed E-state index contributed by atoms with van der Waals surface area (Å²) in [6, 6.07) is 5.98. The minimum Gasteiger partial charge on any atom is -0.354 e. The molecule has 0 bridgehead atoms. The standard InChI is InChI=1S/C23H33N3O3/c1-16(2)20(26-22(28)18-8-4-5-9-19(18)23(26)29)21(27)24-12-6-7-13-25-14-10-17(3)11-15-25/h4-5,8-9,16-17,20H,6-7,10-15H2,1-3H3,(H,24,27). The van der Waals surface area contributed by atoms with Crippen LogP contribution in [0.2, 0.25) is 0 Å². The number of nitrogens with zero attached hydrogens (tertiary/aromatic N) is 2. The first-order valence-corrected chi connectivity index (χ1v) is 10.9. The molecule has 6 heteroatoms. The Labute approximate surface area is 173 Å². The van der Waals surface area contributed by atoms with Gasteiger partial charge in [-0.25, -0.2) is 0 Å². The van der Waals surface area contributed by atoms with Crippen molar-refractivity contribution in [2.45, 2.75) is 52.5 Å². The van der Waals surface area contributed by atoms with Crippen molar-refractivity contribution in [2.75, 3.05) is 26.2 Å². The Balaban J connectivity index is 1.50. The summed E-state index contributed by atoms with van der Waals surface area (Å²) in [5.74, 6) is -0.327. The molecular formula is C23H33N3O3. The van der Waals surface area contributed by atoms with E-state index in [1.54, 1.807) is 24.3 Å². The average Bonchev–Trinajstić information content (AvgIpc) is 2.95. The summed E-state index contributed by atoms with van der Waals surface area (Å²) in [5, 5.41) is 2.95. The second kappa shape index (κ2) is 9.53. The van der Waals surface area contributed by atoms with Crippen molar-refractivity contribution in [3.05, 3.63) is 35.4 Å². The molecule has 0 radical (unpaired) electrons. The lowest BCUT2D eigenvalue weighted by molar-refractivity contribution is -0.126. The van der Waals surface area contributed by atoms with Gasteiger partial charge < -0.3 is 10.2 Å². The molecule has 1 fully saturated rings. The number of imide groups is 1. The number of unbranched alkanes of at least 4 members (excludes halogenated alkanes) is 1. The van der Waals surface area contributed by atoms with Gasteiger partial charge in [0.1, 0.15) is 6.04 Å². The molecule has 2 aliphatic rings. The molecule has 6 nitrogen and oxygen atoms in total. The zero-order chi connectivity index (χ0) is 21.0. The highest BCUT2D eigenvalue weighted by Crippen LogP contribution is 2.27. The van der Waals surface area contributed by atoms with Gasteiger partial charge in [-0.1, -0.05) is 32.9 Å². The van der Waals surface area contributed by atoms with Crippen LogP contribution in [0.5, 0.6) is 0 Å². The molecule has 158 valence electrons. The summed E-state index contributed by atoms with van der Waals surface area (Å²) >= 11 is 0. The molecule has 2 aliphatic heterocycles. The second-order valence-corrected chi connectivity index (χ2v) is 8.74. The van der Waals surface area contributed by atoms with Gasteiger partial charge in [-0.05, 0) is 69.3 Å². The minimum atomic E-state index is -0.786. The molecule has 3 amide bonds. The third-order valence-corrected chi connectivity index (χ3v) is 6.08. The van der Waals surface area contributed by atoms with Gasteiger partial charge in [0.2, 0.25) is 5.91 Å². The van der Waals surface area contributed by atoms with Crippen LogP contribution in [0.4, 0.5) is 0 Å². The lowest BCUT2D eigenvalue weighted by Crippen LogP contribution is -2.52. The fourth-order valence-corrected chi connectivity index (χ4v) is 4.24. The number of amides is 3. The Kier molecular flexibility index (Phi) is 7.06. The van der Waals surface area contributed by atoms with Gasteiger partial charge in [0.25, 0.3) is 11.8 Å². The zero-order valence-electron chi connectivity index (χ0n) is 17.8. The van der Waals surface area contributed by atoms with Crippen LogP contribution in [0.3, 0.4) is 0 Å². The topological polar surface area (TPSA) is 69.7 Å². The van der Waals surface area contributed by atoms with E-state index in [2.05, 4.69) is 17.1 Å². The summed E-state index contributed by atoms with van der Waals surface area (Å²) in [7, 11) is 0. The quantitative estimate of drug-likeness (QED) is 0.539. The molecule has 3 rings (SSSR count). The maximum atomic E-state index is 12.8. The maximum Gasteiger partial charge on any atom is 0.262 e. The van der Waals surface area contributed by atoms with Gasteiger partial charge in [0.05, 0.1) is 11.1 Å². The highest BCUT2D eigenvalue weighted by molar-refractivity contribution is 6.22. The molecule has 29 heavy (non-hydrogen) atoms. The SMILES string of the molecule is CC1CCN(CCCCNC(=O)C(C(C)C)N2C(=O)c3ccccc3C2=O)CC1. The second-order valence-electron chi connectivity index (χ2n) is 8.74. The smallest absolute Gasteiger partial charge is 0.262 e. The fourth-order valence-electron chi connectivity index (χ4n) is 4.24. The van der Waals surface area contributed by atoms with Crippen LogP contribution in [-0.4, -0.2) is 59.7 Å². The van der Waals surface area contributed by atoms with Crippen LogP contribution in [0.1, 0.15) is 67.2 Å². The Bertz CT molecular complexity index is 718. The van der Waals surface area contributed by atoms with Crippen molar-refractivity contribution < 1.29 is 14.4 Å². The van der Waals surface area contributed by atoms with Gasteiger partial charge in [0.15, 0.2) is 0 Å². The third kappa shape index (κ3) is 4.86. The van der Waals surface area contributed by atoms with Crippen molar-refractivity contribution in [1.29, 1.82) is 0 Å². The zero-order valence-corrected chi connectivity index (χ0v) is 17.8. The third-order valence-electron chi connectivity index (χ3n) is 6.08. The van der Waals surface area contributed by atoms with Gasteiger partial charge in [-0.2, -0.15) is 0 Å². The van der Waals surface area contributed by atoms with Crippen molar-refractivity contribution in [1.82, 2.24) is 15.1 Å². The largest absolute Gasteiger partial charge is 0.354 e. The van der Waals surface area contributed by atoms with Crippen LogP contribution < -0.4 is 5.32 Å². The molecule has 1 atom stereocenters. The van der Waals surface area contributed by atoms with Crippen LogP contribution in [0.15, 0.2) is 24.3 Å². The number of carbonyl (C=O) groups excluding carboxylic acids is 3. The number of benzene rings is 1. The monoisotopic (exact) mass is 399 g/mol. The summed E-state index contributed by atoms with van der Waals surface area (Å²) in [4.78, 5) is 42.0. The minimum absolute atomic E-state index is 0.160. The van der Waals surface area contributed by atoms with E-state index >= 15 is 0 Å². The highest BCUT2D eigenvalue weighted by Gasteiger charge is 2.43. The predicted molar refractivity (Wildman–Crippen MR) is 113 cm³/mol. The lowest BCUT2D eigenvalue weighted by Gasteiger charge is -2.30. The molecule has 0 aliphatic carbocycles. The van der Waals surface area contributed by atoms with E-state index in [4.69, 9.17) is 0 Å². The summed E-state index contributed by atoms with van der Waals surface area (Å²) in [6.07, 6.45) is 4.47. The molecule has 1 N–H and O–H groups in total. The summed E-state index contributed by atoms with van der Waals surface area (Å²) in [6.45, 7) is 10.0. The molecule has 1 saturated heterocycles. The van der Waals surface area contributed by atoms with E-state index in [-0.39, 0.29) is 23.6 Å². The summed E-state index contributed by atoms with van der Waals surface area (Å²) in [5.41, 5.74) is 0.763. The van der Waals surface area contributed by atoms with Crippen LogP contribution in [-0.2, 0) is 4.79 Å². The average molecular weight is 400 g/mol. The molecular weight excluding hydrogens is 366 g/mol.